The van der Waals surface area contributed by atoms with E-state index in [1.54, 1.807) is 139 Å². The molecule has 0 aliphatic carbocycles. The zero-order chi connectivity index (χ0) is 56.0. The maximum Gasteiger partial charge on any atom is 0.444 e. The standard InChI is InChI=1S/C56H41Cl2N17O6.2Cu/c57-51-64-53(68-54(65-51)62-37-13-7-15-39(49(37)80)70-72-47-35(60-33-11-1-3-17-41(33)76)23-21-31-9-5-19-43(78)45(31)47)59-25-26-74-27-29-75(30-28-74)56-67-52(58)66-55(69-56)63-38-14-8-16-40(50(38)81)71-73-48-36(61-34-12-2-4-18-42(34)77)24-22-32-10-6-20-44(79)46(32)48;;/h1-24,27-30H,25-26H2,(H9,59,60,61,62,63,64,65,66,67,68,69,70,71,72,73,76,77,78,79,80,81);;/p+2. The summed E-state index contributed by atoms with van der Waals surface area (Å²) in [6.07, 6.45) is 6.98. The molecule has 11 N–H and O–H groups in total. The zero-order valence-corrected chi connectivity index (χ0v) is 45.9. The summed E-state index contributed by atoms with van der Waals surface area (Å²) in [4.78, 5) is 25.9. The van der Waals surface area contributed by atoms with Crippen molar-refractivity contribution in [1.82, 2.24) is 29.9 Å². The van der Waals surface area contributed by atoms with Gasteiger partial charge in [0.15, 0.2) is 18.0 Å². The quantitative estimate of drug-likeness (QED) is 0.0175. The number of hydrogen-bond donors (Lipinski definition) is 11. The van der Waals surface area contributed by atoms with Crippen LogP contribution in [-0.4, -0.2) is 67.1 Å². The summed E-state index contributed by atoms with van der Waals surface area (Å²) < 4.78 is 3.49. The number of aromatic nitrogens is 8. The van der Waals surface area contributed by atoms with Gasteiger partial charge in [-0.15, -0.1) is 20.5 Å². The predicted molar refractivity (Wildman–Crippen MR) is 305 cm³/mol. The average Bonchev–Trinajstić information content (AvgIpc) is 3.65. The van der Waals surface area contributed by atoms with Crippen LogP contribution in [0.25, 0.3) is 27.5 Å². The first-order valence-corrected chi connectivity index (χ1v) is 25.2. The summed E-state index contributed by atoms with van der Waals surface area (Å²) >= 11 is 12.7. The molecule has 0 aliphatic heterocycles. The molecule has 0 amide bonds. The number of para-hydroxylation sites is 6. The van der Waals surface area contributed by atoms with Gasteiger partial charge in [-0.2, -0.15) is 29.1 Å². The van der Waals surface area contributed by atoms with E-state index in [1.165, 1.54) is 24.3 Å². The van der Waals surface area contributed by atoms with Crippen LogP contribution >= 0.6 is 23.2 Å². The van der Waals surface area contributed by atoms with Crippen molar-refractivity contribution < 1.29 is 73.9 Å². The third-order valence-corrected chi connectivity index (χ3v) is 12.6. The Bertz CT molecular complexity index is 4270. The number of hydrogen-bond acceptors (Lipinski definition) is 21. The van der Waals surface area contributed by atoms with Crippen molar-refractivity contribution in [2.75, 3.05) is 33.1 Å². The molecule has 0 bridgehead atoms. The number of anilines is 9. The first-order chi connectivity index (χ1) is 39.4. The van der Waals surface area contributed by atoms with E-state index in [-0.39, 0.29) is 137 Å². The van der Waals surface area contributed by atoms with E-state index >= 15 is 0 Å². The van der Waals surface area contributed by atoms with Crippen molar-refractivity contribution in [3.05, 3.63) is 181 Å². The fourth-order valence-electron chi connectivity index (χ4n) is 8.40. The molecule has 422 valence electrons. The number of nitrogens with zero attached hydrogens (tertiary/aromatic N) is 12. The van der Waals surface area contributed by atoms with E-state index in [0.29, 0.717) is 57.4 Å². The van der Waals surface area contributed by atoms with Crippen LogP contribution in [0.3, 0.4) is 0 Å². The van der Waals surface area contributed by atoms with Crippen molar-refractivity contribution in [1.29, 1.82) is 0 Å². The minimum Gasteiger partial charge on any atom is -0.507 e. The van der Waals surface area contributed by atoms with Crippen LogP contribution < -0.4 is 35.7 Å². The van der Waals surface area contributed by atoms with Gasteiger partial charge >= 0.3 is 17.2 Å². The third kappa shape index (κ3) is 13.1. The van der Waals surface area contributed by atoms with Gasteiger partial charge in [-0.1, -0.05) is 72.8 Å². The van der Waals surface area contributed by atoms with E-state index < -0.39 is 0 Å². The van der Waals surface area contributed by atoms with Crippen LogP contribution in [0.1, 0.15) is 0 Å². The second kappa shape index (κ2) is 25.6. The Kier molecular flexibility index (Phi) is 17.8. The van der Waals surface area contributed by atoms with Gasteiger partial charge < -0.3 is 57.2 Å². The molecular formula is C56H43Cl2Cu2N17O6+2. The molecule has 2 radical (unpaired) electrons. The number of benzene rings is 8. The van der Waals surface area contributed by atoms with Crippen LogP contribution in [0.2, 0.25) is 10.6 Å². The van der Waals surface area contributed by atoms with Crippen LogP contribution in [0.5, 0.6) is 34.5 Å². The molecule has 8 aromatic carbocycles. The normalized spacial score (nSPS) is 11.1. The molecule has 27 heteroatoms. The maximum atomic E-state index is 11.4. The Labute approximate surface area is 501 Å². The Balaban J connectivity index is 0.00000414. The summed E-state index contributed by atoms with van der Waals surface area (Å²) in [6, 6.07) is 40.2. The Morgan fingerprint density at radius 2 is 0.843 bits per heavy atom. The van der Waals surface area contributed by atoms with Crippen molar-refractivity contribution >= 4 is 119 Å². The van der Waals surface area contributed by atoms with Gasteiger partial charge in [0.1, 0.15) is 58.1 Å². The van der Waals surface area contributed by atoms with Gasteiger partial charge in [0.2, 0.25) is 29.6 Å². The van der Waals surface area contributed by atoms with Gasteiger partial charge in [-0.05, 0) is 117 Å². The second-order valence-electron chi connectivity index (χ2n) is 17.6. The minimum absolute atomic E-state index is 0. The SMILES string of the molecule is Oc1ccccc1Nc1ccc2cccc(O)c2c1N=Nc1cccc(Nc2nc(Cl)nc(NCC[n+]3cc[n+](-c4nc(Cl)nc(Nc5cccc(N=Nc6c(Nc7ccccc7O)ccc7cccc(O)c67)c5O)n4)cc3)n2)c1O.[Cu].[Cu]. The second-order valence-corrected chi connectivity index (χ2v) is 18.3. The molecule has 83 heavy (non-hydrogen) atoms. The number of phenols is 6. The zero-order valence-electron chi connectivity index (χ0n) is 42.5. The predicted octanol–water partition coefficient (Wildman–Crippen LogP) is 12.4. The van der Waals surface area contributed by atoms with Crippen molar-refractivity contribution in [2.24, 2.45) is 20.5 Å². The van der Waals surface area contributed by atoms with Gasteiger partial charge in [-0.25, -0.2) is 0 Å². The summed E-state index contributed by atoms with van der Waals surface area (Å²) in [5.41, 5.74) is 2.74. The van der Waals surface area contributed by atoms with Crippen molar-refractivity contribution in [3.8, 4) is 40.4 Å². The Hall–Kier alpha value is -10.0. The molecular weight excluding hydrogens is 1200 g/mol. The fourth-order valence-corrected chi connectivity index (χ4v) is 8.72. The van der Waals surface area contributed by atoms with Gasteiger partial charge in [-0.3, -0.25) is 0 Å². The van der Waals surface area contributed by atoms with E-state index in [9.17, 15) is 30.6 Å². The molecule has 0 aliphatic rings. The minimum atomic E-state index is -0.283. The number of halogens is 2. The third-order valence-electron chi connectivity index (χ3n) is 12.3. The molecule has 0 fully saturated rings. The summed E-state index contributed by atoms with van der Waals surface area (Å²) in [5, 5.41) is 101. The summed E-state index contributed by atoms with van der Waals surface area (Å²) in [5.74, 6) is -0.269. The van der Waals surface area contributed by atoms with Crippen LogP contribution in [0.15, 0.2) is 191 Å². The molecule has 3 aromatic heterocycles. The Morgan fingerprint density at radius 3 is 1.36 bits per heavy atom. The number of azo groups is 2. The van der Waals surface area contributed by atoms with E-state index in [0.717, 1.165) is 0 Å². The summed E-state index contributed by atoms with van der Waals surface area (Å²) in [7, 11) is 0. The fraction of sp³-hybridized carbons (Fsp3) is 0.0357. The molecule has 23 nitrogen and oxygen atoms in total. The topological polar surface area (TPSA) is 316 Å². The number of nitrogens with one attached hydrogen (secondary N) is 5. The molecule has 11 aromatic rings. The first kappa shape index (κ1) is 57.7. The van der Waals surface area contributed by atoms with E-state index in [4.69, 9.17) is 23.2 Å². The molecule has 0 spiro atoms. The maximum absolute atomic E-state index is 11.4. The average molecular weight is 1250 g/mol. The van der Waals surface area contributed by atoms with Crippen LogP contribution in [0.4, 0.5) is 74.7 Å². The summed E-state index contributed by atoms with van der Waals surface area (Å²) in [6.45, 7) is 0.779. The van der Waals surface area contributed by atoms with Gasteiger partial charge in [0.25, 0.3) is 0 Å². The molecule has 0 unspecified atom stereocenters. The molecule has 11 rings (SSSR count). The number of aromatic hydroxyl groups is 6. The van der Waals surface area contributed by atoms with E-state index in [1.807, 2.05) is 16.7 Å². The number of phenolic OH excluding ortho intramolecular Hbond substituents is 6. The van der Waals surface area contributed by atoms with Gasteiger partial charge in [0, 0.05) is 34.1 Å². The van der Waals surface area contributed by atoms with Gasteiger partial charge in [0.05, 0.1) is 51.4 Å². The number of fused-ring (bicyclic) bond motifs is 2. The van der Waals surface area contributed by atoms with Crippen molar-refractivity contribution in [2.45, 2.75) is 6.54 Å². The molecule has 3 heterocycles. The van der Waals surface area contributed by atoms with Crippen LogP contribution in [0, 0.1) is 0 Å². The number of rotatable bonds is 17. The molecule has 0 atom stereocenters. The monoisotopic (exact) mass is 1250 g/mol. The molecule has 0 saturated carbocycles. The largest absolute Gasteiger partial charge is 0.507 e. The van der Waals surface area contributed by atoms with Crippen LogP contribution in [-0.2, 0) is 40.7 Å². The smallest absolute Gasteiger partial charge is 0.444 e. The molecule has 0 saturated heterocycles. The Morgan fingerprint density at radius 1 is 0.398 bits per heavy atom. The first-order valence-electron chi connectivity index (χ1n) is 24.5. The van der Waals surface area contributed by atoms with Crippen molar-refractivity contribution in [3.63, 3.8) is 0 Å². The van der Waals surface area contributed by atoms with E-state index in [2.05, 4.69) is 76.9 Å².